The van der Waals surface area contributed by atoms with Crippen LogP contribution in [0.2, 0.25) is 43.7 Å². The summed E-state index contributed by atoms with van der Waals surface area (Å²) in [5.74, 6) is -4.00. The van der Waals surface area contributed by atoms with Crippen molar-refractivity contribution in [3.05, 3.63) is 88.7 Å². The van der Waals surface area contributed by atoms with Crippen LogP contribution in [-0.4, -0.2) is 363 Å². The zero-order valence-electron chi connectivity index (χ0n) is 57.1. The summed E-state index contributed by atoms with van der Waals surface area (Å²) in [4.78, 5) is 99.3. The average Bonchev–Trinajstić information content (AvgIpc) is 1.53. The summed E-state index contributed by atoms with van der Waals surface area (Å²) in [5, 5.41) is 18.6. The van der Waals surface area contributed by atoms with Gasteiger partial charge in [-0.1, -0.05) is 0 Å². The summed E-state index contributed by atoms with van der Waals surface area (Å²) in [5.41, 5.74) is 6.37. The van der Waals surface area contributed by atoms with Gasteiger partial charge in [-0.05, 0) is 119 Å². The topological polar surface area (TPSA) is 243 Å². The van der Waals surface area contributed by atoms with E-state index in [1.165, 1.54) is 28.2 Å². The number of esters is 4. The van der Waals surface area contributed by atoms with Crippen LogP contribution in [0.3, 0.4) is 0 Å². The van der Waals surface area contributed by atoms with Gasteiger partial charge in [0.25, 0.3) is 23.9 Å². The molecule has 6 N–H and O–H groups in total. The first-order valence-corrected chi connectivity index (χ1v) is 34.5. The van der Waals surface area contributed by atoms with Crippen molar-refractivity contribution in [2.45, 2.75) is 109 Å². The zero-order chi connectivity index (χ0) is 71.8. The largest absolute Gasteiger partial charge is 0.481 e. The fourth-order valence-electron chi connectivity index (χ4n) is 16.0. The number of carbonyl (C=O) groups excluding carboxylic acids is 4. The molecule has 10 atom stereocenters. The smallest absolute Gasteiger partial charge is 0.303 e. The number of carbonyl (C=O) groups is 6. The molecule has 4 aromatic heterocycles. The normalized spacial score (nSPS) is 23.6. The van der Waals surface area contributed by atoms with Crippen LogP contribution in [0.1, 0.15) is 92.3 Å². The Hall–Kier alpha value is -3.98. The number of rotatable bonds is 42. The Bertz CT molecular complexity index is 4130. The molecule has 0 spiro atoms. The third-order valence-electron chi connectivity index (χ3n) is 22.2. The second-order valence-corrected chi connectivity index (χ2v) is 27.4. The first kappa shape index (κ1) is 76.2. The van der Waals surface area contributed by atoms with Crippen LogP contribution in [0, 0.1) is 27.7 Å². The standard InChI is InChI=1S/C46H40B40N4O12/c1-15-19(5-7-31(91)92)25-12-26-20(6-8-32(93)94)16(2)22(88-26)10-27-34(30(102-42(98)46-38(86(46)82-58-46)54-66-74-78-70-62-50)14-100-40(96)44-36(84(44)80-56-44)52-64-72-76-68-60-48)18(4)24(90-27)11-28-33(17(3)23(89-28)9-21(15)87-25)29(101-41(97)45-37(85(45)81-57-45)53-65-73-77-69-61-49)13-99-39(95)43-35(83(43)79-55-43)51-63-71-75-67-59-47/h9-12,29-30,35-38,87-90H,5-8,13-14H2,1-4H3,(H,91,92)(H,93,94). The summed E-state index contributed by atoms with van der Waals surface area (Å²) in [6, 6.07) is 0. The Balaban J connectivity index is 0.944. The Kier molecular flexibility index (Phi) is 24.3. The molecule has 56 heteroatoms. The predicted octanol–water partition coefficient (Wildman–Crippen LogP) is -12.8. The summed E-state index contributed by atoms with van der Waals surface area (Å²) in [6.07, 6.45) is 4.89. The summed E-state index contributed by atoms with van der Waals surface area (Å²) in [7, 11) is 80.0. The van der Waals surface area contributed by atoms with Gasteiger partial charge < -0.3 is 49.1 Å². The van der Waals surface area contributed by atoms with E-state index in [4.69, 9.17) is 49.9 Å². The lowest BCUT2D eigenvalue weighted by molar-refractivity contribution is -0.159. The molecule has 0 amide bonds. The molecule has 436 valence electrons. The highest BCUT2D eigenvalue weighted by atomic mass is 16.6. The number of aliphatic carboxylic acids is 2. The second kappa shape index (κ2) is 32.5. The van der Waals surface area contributed by atoms with Crippen molar-refractivity contribution < 1.29 is 57.9 Å². The van der Waals surface area contributed by atoms with E-state index in [2.05, 4.69) is 19.9 Å². The highest BCUT2D eigenvalue weighted by Gasteiger charge is 2.78. The van der Waals surface area contributed by atoms with E-state index in [0.717, 1.165) is 5.56 Å². The maximum absolute atomic E-state index is 15.3. The van der Waals surface area contributed by atoms with E-state index in [1.807, 2.05) is 194 Å². The van der Waals surface area contributed by atoms with E-state index in [9.17, 15) is 29.4 Å². The van der Waals surface area contributed by atoms with Gasteiger partial charge in [-0.2, -0.15) is 0 Å². The Morgan fingerprint density at radius 1 is 0.422 bits per heavy atom. The molecular weight excluding hydrogens is 1230 g/mol. The van der Waals surface area contributed by atoms with Crippen molar-refractivity contribution in [2.75, 3.05) is 13.2 Å². The van der Waals surface area contributed by atoms with Crippen molar-refractivity contribution in [1.82, 2.24) is 19.9 Å². The number of H-pyrrole nitrogens is 4. The number of hydrogen-bond donors (Lipinski definition) is 6. The van der Waals surface area contributed by atoms with Gasteiger partial charge in [0.15, 0.2) is 12.2 Å². The quantitative estimate of drug-likeness (QED) is 0.00925. The SMILES string of the molecule is [B][B][B][B][B][B][B]C1B2[B][B]C21C(=O)OCC(OC(=O)C12[B][B]B1C2[B][B][B][B][B][B][B])c1c2[nH]c(c1C)C=c1[nH]c(c(CCC(=O)O)c1C)=Cc1[nH]c(c(C)c1CCC(=O)O)C=c1[nH]c(c(C)c1C(COC(=O)C13[B][B]B1C3[B][B][B][B][B][B][B])OC(=O)C13[B][B]B1C3[B][B][B][B][B][B][B])=C2. The van der Waals surface area contributed by atoms with Gasteiger partial charge in [-0.15, -0.1) is 22.9 Å². The van der Waals surface area contributed by atoms with Crippen LogP contribution in [0.15, 0.2) is 0 Å². The molecule has 16 nitrogen and oxygen atoms in total. The van der Waals surface area contributed by atoms with Crippen molar-refractivity contribution >= 4 is 344 Å². The minimum absolute atomic E-state index is 0.0942. The van der Waals surface area contributed by atoms with Gasteiger partial charge in [-0.3, -0.25) is 28.8 Å². The predicted molar refractivity (Wildman–Crippen MR) is 442 cm³/mol. The number of aromatic nitrogens is 4. The molecule has 40 radical (unpaired) electrons. The van der Waals surface area contributed by atoms with Crippen molar-refractivity contribution in [3.8, 4) is 0 Å². The fourth-order valence-corrected chi connectivity index (χ4v) is 16.0. The minimum atomic E-state index is -1.25. The van der Waals surface area contributed by atoms with Crippen molar-refractivity contribution in [2.24, 2.45) is 0 Å². The molecule has 8 bridgehead atoms. The highest BCUT2D eigenvalue weighted by Crippen LogP contribution is 2.70. The first-order valence-electron chi connectivity index (χ1n) is 34.5. The molecule has 9 aliphatic rings. The van der Waals surface area contributed by atoms with Crippen LogP contribution >= 0.6 is 0 Å². The van der Waals surface area contributed by atoms with E-state index < -0.39 is 75.5 Å². The minimum Gasteiger partial charge on any atom is -0.481 e. The first-order chi connectivity index (χ1) is 49.3. The maximum Gasteiger partial charge on any atom is 0.303 e. The molecule has 4 aromatic rings. The number of nitrogens with one attached hydrogen (secondary N) is 4. The Labute approximate surface area is 629 Å². The molecule has 8 fully saturated rings. The second-order valence-electron chi connectivity index (χ2n) is 27.4. The molecule has 8 saturated heterocycles. The summed E-state index contributed by atoms with van der Waals surface area (Å²) >= 11 is 0. The van der Waals surface area contributed by atoms with Crippen molar-refractivity contribution in [3.63, 3.8) is 0 Å². The molecule has 13 rings (SSSR count). The van der Waals surface area contributed by atoms with Crippen LogP contribution < -0.4 is 21.4 Å². The highest BCUT2D eigenvalue weighted by molar-refractivity contribution is 7.68. The van der Waals surface area contributed by atoms with Gasteiger partial charge in [0.05, 0.1) is 55.1 Å². The average molecular weight is 1270 g/mol. The van der Waals surface area contributed by atoms with Gasteiger partial charge in [-0.25, -0.2) is 0 Å². The lowest BCUT2D eigenvalue weighted by atomic mass is 8.94. The number of carboxylic acids is 2. The number of fused-ring (bicyclic) bond motifs is 12. The van der Waals surface area contributed by atoms with Gasteiger partial charge in [0.2, 0.25) is 0 Å². The lowest BCUT2D eigenvalue weighted by Gasteiger charge is -2.29. The van der Waals surface area contributed by atoms with Crippen molar-refractivity contribution in [1.29, 1.82) is 0 Å². The molecule has 0 aromatic carbocycles. The third kappa shape index (κ3) is 14.6. The molecular formula is C46H40B40N4O12. The van der Waals surface area contributed by atoms with Gasteiger partial charge >= 0.3 is 11.9 Å². The monoisotopic (exact) mass is 1280 g/mol. The van der Waals surface area contributed by atoms with Crippen LogP contribution in [-0.2, 0) is 60.6 Å². The van der Waals surface area contributed by atoms with Crippen LogP contribution in [0.4, 0.5) is 0 Å². The Morgan fingerprint density at radius 2 is 0.775 bits per heavy atom. The maximum atomic E-state index is 15.3. The number of hydrogen-bond acceptors (Lipinski definition) is 10. The molecule has 9 aliphatic heterocycles. The van der Waals surface area contributed by atoms with Crippen LogP contribution in [0.5, 0.6) is 0 Å². The zero-order valence-corrected chi connectivity index (χ0v) is 57.1. The van der Waals surface area contributed by atoms with E-state index >= 15 is 9.59 Å². The molecule has 0 saturated carbocycles. The van der Waals surface area contributed by atoms with E-state index in [1.54, 1.807) is 56.5 Å². The molecule has 10 unspecified atom stereocenters. The molecule has 13 heterocycles. The third-order valence-corrected chi connectivity index (χ3v) is 22.2. The molecule has 0 aliphatic carbocycles. The summed E-state index contributed by atoms with van der Waals surface area (Å²) in [6.45, 7) is 6.28. The van der Waals surface area contributed by atoms with E-state index in [0.29, 0.717) is 83.1 Å². The summed E-state index contributed by atoms with van der Waals surface area (Å²) < 4.78 is 26.5. The molecule has 102 heavy (non-hydrogen) atoms. The van der Waals surface area contributed by atoms with Crippen LogP contribution in [0.25, 0.3) is 24.3 Å². The van der Waals surface area contributed by atoms with E-state index in [-0.39, 0.29) is 81.6 Å². The Morgan fingerprint density at radius 3 is 1.20 bits per heavy atom. The number of aromatic amines is 4. The number of ether oxygens (including phenoxy) is 4. The fraction of sp³-hybridized carbons (Fsp3) is 0.435. The van der Waals surface area contributed by atoms with Gasteiger partial charge in [0, 0.05) is 297 Å². The number of carboxylic acid groups (broad SMARTS) is 2. The lowest BCUT2D eigenvalue weighted by Crippen LogP contribution is -2.44. The van der Waals surface area contributed by atoms with Gasteiger partial charge in [0.1, 0.15) is 13.2 Å².